The van der Waals surface area contributed by atoms with Gasteiger partial charge in [-0.2, -0.15) is 0 Å². The minimum Gasteiger partial charge on any atom is -0.383 e. The first kappa shape index (κ1) is 17.3. The van der Waals surface area contributed by atoms with Crippen LogP contribution in [-0.4, -0.2) is 79.7 Å². The van der Waals surface area contributed by atoms with E-state index < -0.39 is 0 Å². The lowest BCUT2D eigenvalue weighted by Crippen LogP contribution is -2.24. The smallest absolute Gasteiger partial charge is 0.209 e. The number of hydrogen-bond acceptors (Lipinski definition) is 8. The molecule has 1 aromatic rings. The zero-order chi connectivity index (χ0) is 14.5. The average Bonchev–Trinajstić information content (AvgIpc) is 2.90. The Bertz CT molecular complexity index is 340. The van der Waals surface area contributed by atoms with Crippen LogP contribution in [0.2, 0.25) is 0 Å². The summed E-state index contributed by atoms with van der Waals surface area (Å²) in [5.41, 5.74) is 0. The van der Waals surface area contributed by atoms with Gasteiger partial charge in [0.25, 0.3) is 0 Å². The number of nitrogens with zero attached hydrogens (tertiary/aromatic N) is 4. The predicted octanol–water partition coefficient (Wildman–Crippen LogP) is -0.336. The molecular weight excluding hydrogens is 282 g/mol. The van der Waals surface area contributed by atoms with Crippen LogP contribution >= 0.6 is 11.8 Å². The summed E-state index contributed by atoms with van der Waals surface area (Å²) < 4.78 is 17.0. The molecule has 0 aliphatic heterocycles. The molecule has 20 heavy (non-hydrogen) atoms. The molecule has 0 atom stereocenters. The lowest BCUT2D eigenvalue weighted by Gasteiger charge is -2.06. The number of hydrogen-bond donors (Lipinski definition) is 1. The molecule has 0 aliphatic carbocycles. The Morgan fingerprint density at radius 3 is 2.75 bits per heavy atom. The van der Waals surface area contributed by atoms with E-state index >= 15 is 0 Å². The molecule has 1 N–H and O–H groups in total. The molecule has 0 saturated carbocycles. The van der Waals surface area contributed by atoms with E-state index in [4.69, 9.17) is 14.2 Å². The maximum atomic E-state index is 5.39. The minimum absolute atomic E-state index is 0.616. The largest absolute Gasteiger partial charge is 0.383 e. The van der Waals surface area contributed by atoms with Crippen LogP contribution in [0.1, 0.15) is 0 Å². The SMILES string of the molecule is COCCNCCn1nnnc1SCCOCCOC. The van der Waals surface area contributed by atoms with Crippen LogP contribution < -0.4 is 5.32 Å². The van der Waals surface area contributed by atoms with Gasteiger partial charge in [-0.25, -0.2) is 4.68 Å². The molecule has 9 heteroatoms. The maximum absolute atomic E-state index is 5.39. The summed E-state index contributed by atoms with van der Waals surface area (Å²) in [4.78, 5) is 0. The molecule has 0 amide bonds. The van der Waals surface area contributed by atoms with Gasteiger partial charge in [0, 0.05) is 33.1 Å². The molecule has 0 saturated heterocycles. The minimum atomic E-state index is 0.616. The van der Waals surface area contributed by atoms with Crippen LogP contribution in [0.15, 0.2) is 5.16 Å². The van der Waals surface area contributed by atoms with Gasteiger partial charge in [-0.1, -0.05) is 11.8 Å². The Kier molecular flexibility index (Phi) is 10.4. The molecule has 1 heterocycles. The molecule has 0 fully saturated rings. The van der Waals surface area contributed by atoms with Crippen molar-refractivity contribution in [3.63, 3.8) is 0 Å². The number of methoxy groups -OCH3 is 2. The van der Waals surface area contributed by atoms with Gasteiger partial charge in [0.2, 0.25) is 5.16 Å². The monoisotopic (exact) mass is 305 g/mol. The second-order valence-corrected chi connectivity index (χ2v) is 4.94. The highest BCUT2D eigenvalue weighted by Crippen LogP contribution is 2.12. The zero-order valence-corrected chi connectivity index (χ0v) is 12.9. The highest BCUT2D eigenvalue weighted by atomic mass is 32.2. The zero-order valence-electron chi connectivity index (χ0n) is 12.1. The van der Waals surface area contributed by atoms with E-state index in [1.807, 2.05) is 0 Å². The number of tetrazole rings is 1. The number of nitrogens with one attached hydrogen (secondary N) is 1. The normalized spacial score (nSPS) is 11.1. The van der Waals surface area contributed by atoms with Gasteiger partial charge in [0.05, 0.1) is 33.0 Å². The molecule has 0 aromatic carbocycles. The predicted molar refractivity (Wildman–Crippen MR) is 76.0 cm³/mol. The summed E-state index contributed by atoms with van der Waals surface area (Å²) in [5.74, 6) is 0.821. The van der Waals surface area contributed by atoms with Crippen molar-refractivity contribution in [2.24, 2.45) is 0 Å². The lowest BCUT2D eigenvalue weighted by molar-refractivity contribution is 0.0790. The number of ether oxygens (including phenoxy) is 3. The van der Waals surface area contributed by atoms with Crippen LogP contribution in [0.25, 0.3) is 0 Å². The van der Waals surface area contributed by atoms with Gasteiger partial charge in [-0.15, -0.1) is 5.10 Å². The van der Waals surface area contributed by atoms with Gasteiger partial charge in [0.15, 0.2) is 0 Å². The van der Waals surface area contributed by atoms with Crippen LogP contribution in [0.3, 0.4) is 0 Å². The van der Waals surface area contributed by atoms with E-state index in [1.54, 1.807) is 30.7 Å². The molecule has 1 aromatic heterocycles. The first-order chi connectivity index (χ1) is 9.88. The second kappa shape index (κ2) is 12.0. The molecule has 116 valence electrons. The van der Waals surface area contributed by atoms with Crippen molar-refractivity contribution < 1.29 is 14.2 Å². The summed E-state index contributed by atoms with van der Waals surface area (Å²) >= 11 is 1.59. The summed E-state index contributed by atoms with van der Waals surface area (Å²) in [6, 6.07) is 0. The van der Waals surface area contributed by atoms with E-state index in [0.29, 0.717) is 26.4 Å². The van der Waals surface area contributed by atoms with Crippen LogP contribution in [0.5, 0.6) is 0 Å². The van der Waals surface area contributed by atoms with Crippen LogP contribution in [0, 0.1) is 0 Å². The highest BCUT2D eigenvalue weighted by Gasteiger charge is 2.05. The van der Waals surface area contributed by atoms with Crippen molar-refractivity contribution in [2.45, 2.75) is 11.7 Å². The molecule has 8 nitrogen and oxygen atoms in total. The molecule has 1 rings (SSSR count). The third kappa shape index (κ3) is 7.75. The Morgan fingerprint density at radius 2 is 1.95 bits per heavy atom. The van der Waals surface area contributed by atoms with E-state index in [1.165, 1.54) is 0 Å². The number of thioether (sulfide) groups is 1. The molecular formula is C11H23N5O3S. The van der Waals surface area contributed by atoms with E-state index in [2.05, 4.69) is 20.8 Å². The Labute approximate surface area is 123 Å². The first-order valence-electron chi connectivity index (χ1n) is 6.53. The van der Waals surface area contributed by atoms with Crippen molar-refractivity contribution in [1.82, 2.24) is 25.5 Å². The molecule has 0 aliphatic rings. The van der Waals surface area contributed by atoms with Crippen molar-refractivity contribution in [3.8, 4) is 0 Å². The number of rotatable bonds is 13. The summed E-state index contributed by atoms with van der Waals surface area (Å²) in [6.07, 6.45) is 0. The van der Waals surface area contributed by atoms with Crippen molar-refractivity contribution >= 4 is 11.8 Å². The fourth-order valence-corrected chi connectivity index (χ4v) is 2.12. The van der Waals surface area contributed by atoms with Crippen LogP contribution in [0.4, 0.5) is 0 Å². The third-order valence-electron chi connectivity index (χ3n) is 2.37. The van der Waals surface area contributed by atoms with Gasteiger partial charge < -0.3 is 19.5 Å². The summed E-state index contributed by atoms with van der Waals surface area (Å²) in [5, 5.41) is 15.7. The molecule has 0 spiro atoms. The van der Waals surface area contributed by atoms with E-state index in [0.717, 1.165) is 30.5 Å². The second-order valence-electron chi connectivity index (χ2n) is 3.88. The first-order valence-corrected chi connectivity index (χ1v) is 7.52. The fourth-order valence-electron chi connectivity index (χ4n) is 1.36. The van der Waals surface area contributed by atoms with Gasteiger partial charge in [-0.05, 0) is 10.4 Å². The molecule has 0 bridgehead atoms. The van der Waals surface area contributed by atoms with Gasteiger partial charge in [-0.3, -0.25) is 0 Å². The van der Waals surface area contributed by atoms with E-state index in [9.17, 15) is 0 Å². The van der Waals surface area contributed by atoms with Gasteiger partial charge >= 0.3 is 0 Å². The van der Waals surface area contributed by atoms with Gasteiger partial charge in [0.1, 0.15) is 0 Å². The fraction of sp³-hybridized carbons (Fsp3) is 0.909. The Morgan fingerprint density at radius 1 is 1.10 bits per heavy atom. The summed E-state index contributed by atoms with van der Waals surface area (Å²) in [7, 11) is 3.35. The van der Waals surface area contributed by atoms with Crippen LogP contribution in [-0.2, 0) is 20.8 Å². The highest BCUT2D eigenvalue weighted by molar-refractivity contribution is 7.99. The number of aromatic nitrogens is 4. The maximum Gasteiger partial charge on any atom is 0.209 e. The quantitative estimate of drug-likeness (QED) is 0.392. The topological polar surface area (TPSA) is 83.3 Å². The Balaban J connectivity index is 2.11. The molecule has 0 unspecified atom stereocenters. The van der Waals surface area contributed by atoms with Crippen molar-refractivity contribution in [1.29, 1.82) is 0 Å². The third-order valence-corrected chi connectivity index (χ3v) is 3.29. The average molecular weight is 305 g/mol. The van der Waals surface area contributed by atoms with Crippen molar-refractivity contribution in [2.75, 3.05) is 59.5 Å². The van der Waals surface area contributed by atoms with E-state index in [-0.39, 0.29) is 0 Å². The lowest BCUT2D eigenvalue weighted by atomic mass is 10.6. The Hall–Kier alpha value is -0.740. The standard InChI is InChI=1S/C11H23N5O3S/c1-17-6-4-12-3-5-16-11(13-14-15-16)20-10-9-19-8-7-18-2/h12H,3-10H2,1-2H3. The summed E-state index contributed by atoms with van der Waals surface area (Å²) in [6.45, 7) is 4.98. The van der Waals surface area contributed by atoms with Crippen molar-refractivity contribution in [3.05, 3.63) is 0 Å². The molecule has 0 radical (unpaired) electrons.